The second-order valence-corrected chi connectivity index (χ2v) is 7.37. The molecule has 1 N–H and O–H groups in total. The summed E-state index contributed by atoms with van der Waals surface area (Å²) in [5.41, 5.74) is 1.47. The lowest BCUT2D eigenvalue weighted by Crippen LogP contribution is -2.34. The molecule has 26 heavy (non-hydrogen) atoms. The van der Waals surface area contributed by atoms with Crippen molar-refractivity contribution >= 4 is 23.4 Å². The summed E-state index contributed by atoms with van der Waals surface area (Å²) in [5, 5.41) is 14.8. The molecule has 0 spiro atoms. The van der Waals surface area contributed by atoms with Gasteiger partial charge in [0.2, 0.25) is 0 Å². The van der Waals surface area contributed by atoms with Crippen molar-refractivity contribution in [2.24, 2.45) is 0 Å². The molecule has 7 heteroatoms. The molecule has 136 valence electrons. The molecule has 0 saturated carbocycles. The number of nitro groups is 1. The summed E-state index contributed by atoms with van der Waals surface area (Å²) in [5.74, 6) is -0.149. The number of aryl methyl sites for hydroxylation is 1. The number of hydrogen-bond acceptors (Lipinski definition) is 5. The number of carbonyl (C=O) groups is 1. The van der Waals surface area contributed by atoms with Crippen LogP contribution in [0.15, 0.2) is 52.3 Å². The van der Waals surface area contributed by atoms with Gasteiger partial charge >= 0.3 is 0 Å². The summed E-state index contributed by atoms with van der Waals surface area (Å²) >= 11 is 1.33. The molecule has 1 heterocycles. The number of hydrogen-bond donors (Lipinski definition) is 1. The molecule has 1 fully saturated rings. The Labute approximate surface area is 156 Å². The minimum absolute atomic E-state index is 0.0330. The fourth-order valence-corrected chi connectivity index (χ4v) is 3.74. The molecule has 0 bridgehead atoms. The van der Waals surface area contributed by atoms with Crippen molar-refractivity contribution < 1.29 is 9.72 Å². The largest absolute Gasteiger partial charge is 0.337 e. The molecule has 1 aliphatic heterocycles. The third kappa shape index (κ3) is 4.42. The molecular formula is C19H21N3O3S. The van der Waals surface area contributed by atoms with Gasteiger partial charge in [-0.05, 0) is 44.2 Å². The Morgan fingerprint density at radius 2 is 1.92 bits per heavy atom. The van der Waals surface area contributed by atoms with Gasteiger partial charge < -0.3 is 10.2 Å². The zero-order chi connectivity index (χ0) is 18.5. The van der Waals surface area contributed by atoms with E-state index >= 15 is 0 Å². The molecular weight excluding hydrogens is 350 g/mol. The Balaban J connectivity index is 1.85. The molecule has 1 aliphatic rings. The highest BCUT2D eigenvalue weighted by molar-refractivity contribution is 7.99. The van der Waals surface area contributed by atoms with E-state index in [2.05, 4.69) is 5.32 Å². The number of benzene rings is 2. The predicted octanol–water partition coefficient (Wildman–Crippen LogP) is 3.49. The van der Waals surface area contributed by atoms with Crippen LogP contribution in [0, 0.1) is 17.0 Å². The monoisotopic (exact) mass is 371 g/mol. The lowest BCUT2D eigenvalue weighted by molar-refractivity contribution is -0.387. The van der Waals surface area contributed by atoms with E-state index in [-0.39, 0.29) is 11.6 Å². The highest BCUT2D eigenvalue weighted by Crippen LogP contribution is 2.35. The van der Waals surface area contributed by atoms with Gasteiger partial charge in [0.25, 0.3) is 11.6 Å². The Morgan fingerprint density at radius 3 is 2.65 bits per heavy atom. The van der Waals surface area contributed by atoms with Crippen molar-refractivity contribution in [1.29, 1.82) is 0 Å². The van der Waals surface area contributed by atoms with Crippen LogP contribution in [0.25, 0.3) is 0 Å². The van der Waals surface area contributed by atoms with Crippen LogP contribution in [-0.2, 0) is 0 Å². The zero-order valence-electron chi connectivity index (χ0n) is 14.6. The molecule has 0 unspecified atom stereocenters. The van der Waals surface area contributed by atoms with E-state index in [9.17, 15) is 14.9 Å². The first kappa shape index (κ1) is 18.4. The number of amides is 1. The van der Waals surface area contributed by atoms with Gasteiger partial charge in [0.05, 0.1) is 9.82 Å². The van der Waals surface area contributed by atoms with Gasteiger partial charge in [0.15, 0.2) is 0 Å². The Kier molecular flexibility index (Phi) is 5.90. The average molecular weight is 371 g/mol. The molecule has 0 radical (unpaired) electrons. The Hall–Kier alpha value is -2.38. The lowest BCUT2D eigenvalue weighted by atomic mass is 10.1. The smallest absolute Gasteiger partial charge is 0.284 e. The Morgan fingerprint density at radius 1 is 1.15 bits per heavy atom. The van der Waals surface area contributed by atoms with E-state index in [1.54, 1.807) is 17.0 Å². The minimum Gasteiger partial charge on any atom is -0.337 e. The van der Waals surface area contributed by atoms with E-state index < -0.39 is 4.92 Å². The average Bonchev–Trinajstić information content (AvgIpc) is 2.92. The third-order valence-corrected chi connectivity index (χ3v) is 5.35. The third-order valence-electron chi connectivity index (χ3n) is 4.28. The van der Waals surface area contributed by atoms with Crippen molar-refractivity contribution in [3.63, 3.8) is 0 Å². The summed E-state index contributed by atoms with van der Waals surface area (Å²) in [4.78, 5) is 27.0. The van der Waals surface area contributed by atoms with Gasteiger partial charge in [-0.15, -0.1) is 0 Å². The molecule has 0 aliphatic carbocycles. The molecule has 2 aromatic carbocycles. The van der Waals surface area contributed by atoms with Crippen molar-refractivity contribution in [2.75, 3.05) is 26.2 Å². The van der Waals surface area contributed by atoms with Gasteiger partial charge in [-0.2, -0.15) is 0 Å². The zero-order valence-corrected chi connectivity index (χ0v) is 15.4. The normalized spacial score (nSPS) is 14.7. The first-order valence-corrected chi connectivity index (χ1v) is 9.39. The summed E-state index contributed by atoms with van der Waals surface area (Å²) in [6.07, 6.45) is 0.884. The number of nitrogens with one attached hydrogen (secondary N) is 1. The van der Waals surface area contributed by atoms with Crippen LogP contribution in [0.5, 0.6) is 0 Å². The highest BCUT2D eigenvalue weighted by Gasteiger charge is 2.22. The van der Waals surface area contributed by atoms with Crippen LogP contribution in [0.4, 0.5) is 5.69 Å². The van der Waals surface area contributed by atoms with Crippen molar-refractivity contribution in [3.8, 4) is 0 Å². The van der Waals surface area contributed by atoms with Gasteiger partial charge in [0.1, 0.15) is 0 Å². The Bertz CT molecular complexity index is 800. The maximum absolute atomic E-state index is 12.7. The maximum Gasteiger partial charge on any atom is 0.284 e. The van der Waals surface area contributed by atoms with Crippen molar-refractivity contribution in [2.45, 2.75) is 23.1 Å². The minimum atomic E-state index is -0.419. The van der Waals surface area contributed by atoms with Crippen LogP contribution in [0.2, 0.25) is 0 Å². The van der Waals surface area contributed by atoms with E-state index in [0.717, 1.165) is 30.0 Å². The summed E-state index contributed by atoms with van der Waals surface area (Å²) in [6, 6.07) is 12.6. The maximum atomic E-state index is 12.7. The number of nitro benzene ring substituents is 1. The predicted molar refractivity (Wildman–Crippen MR) is 102 cm³/mol. The molecule has 2 aromatic rings. The van der Waals surface area contributed by atoms with Gasteiger partial charge in [-0.25, -0.2) is 0 Å². The quantitative estimate of drug-likeness (QED) is 0.658. The van der Waals surface area contributed by atoms with E-state index in [1.807, 2.05) is 31.2 Å². The molecule has 0 aromatic heterocycles. The molecule has 1 saturated heterocycles. The van der Waals surface area contributed by atoms with E-state index in [0.29, 0.717) is 23.5 Å². The van der Waals surface area contributed by atoms with Gasteiger partial charge in [-0.1, -0.05) is 29.5 Å². The number of rotatable bonds is 4. The summed E-state index contributed by atoms with van der Waals surface area (Å²) in [6.45, 7) is 4.91. The van der Waals surface area contributed by atoms with Crippen molar-refractivity contribution in [3.05, 3.63) is 63.7 Å². The van der Waals surface area contributed by atoms with Crippen LogP contribution in [0.3, 0.4) is 0 Å². The number of nitrogens with zero attached hydrogens (tertiary/aromatic N) is 2. The SMILES string of the molecule is Cc1ccc(Sc2ccc(C(=O)N3CCCNCC3)cc2[N+](=O)[O-])cc1. The van der Waals surface area contributed by atoms with E-state index in [4.69, 9.17) is 0 Å². The molecule has 0 atom stereocenters. The topological polar surface area (TPSA) is 75.5 Å². The standard InChI is InChI=1S/C19H21N3O3S/c1-14-3-6-16(7-4-14)26-18-8-5-15(13-17(18)22(24)25)19(23)21-11-2-9-20-10-12-21/h3-8,13,20H,2,9-12H2,1H3. The van der Waals surface area contributed by atoms with E-state index in [1.165, 1.54) is 17.8 Å². The molecule has 3 rings (SSSR count). The second-order valence-electron chi connectivity index (χ2n) is 6.25. The second kappa shape index (κ2) is 8.33. The summed E-state index contributed by atoms with van der Waals surface area (Å²) < 4.78 is 0. The summed E-state index contributed by atoms with van der Waals surface area (Å²) in [7, 11) is 0. The van der Waals surface area contributed by atoms with Gasteiger partial charge in [0, 0.05) is 36.2 Å². The molecule has 6 nitrogen and oxygen atoms in total. The van der Waals surface area contributed by atoms with Crippen molar-refractivity contribution in [1.82, 2.24) is 10.2 Å². The fourth-order valence-electron chi connectivity index (χ4n) is 2.84. The first-order valence-electron chi connectivity index (χ1n) is 8.57. The van der Waals surface area contributed by atoms with Crippen LogP contribution in [-0.4, -0.2) is 41.9 Å². The first-order chi connectivity index (χ1) is 12.5. The lowest BCUT2D eigenvalue weighted by Gasteiger charge is -2.20. The van der Waals surface area contributed by atoms with Crippen LogP contribution < -0.4 is 5.32 Å². The van der Waals surface area contributed by atoms with Crippen LogP contribution in [0.1, 0.15) is 22.3 Å². The fraction of sp³-hybridized carbons (Fsp3) is 0.316. The highest BCUT2D eigenvalue weighted by atomic mass is 32.2. The number of carbonyl (C=O) groups excluding carboxylic acids is 1. The molecule has 1 amide bonds. The van der Waals surface area contributed by atoms with Crippen LogP contribution >= 0.6 is 11.8 Å². The van der Waals surface area contributed by atoms with Gasteiger partial charge in [-0.3, -0.25) is 14.9 Å².